The molecule has 0 amide bonds. The Bertz CT molecular complexity index is 398. The molecule has 1 unspecified atom stereocenters. The number of hydrogen-bond donors (Lipinski definition) is 2. The molecule has 2 N–H and O–H groups in total. The Hall–Kier alpha value is -1.51. The topological polar surface area (TPSA) is 36.4 Å². The zero-order valence-corrected chi connectivity index (χ0v) is 8.66. The smallest absolute Gasteiger partial charge is 0.0971 e. The van der Waals surface area contributed by atoms with Crippen molar-refractivity contribution in [3.63, 3.8) is 0 Å². The lowest BCUT2D eigenvalue weighted by Gasteiger charge is -2.10. The van der Waals surface area contributed by atoms with E-state index in [0.29, 0.717) is 5.92 Å². The Labute approximate surface area is 89.6 Å². The van der Waals surface area contributed by atoms with E-state index < -0.39 is 0 Å². The van der Waals surface area contributed by atoms with Gasteiger partial charge in [0.05, 0.1) is 12.4 Å². The number of nitrogens with one attached hydrogen (secondary N) is 2. The lowest BCUT2D eigenvalue weighted by atomic mass is 9.97. The number of para-hydroxylation sites is 1. The van der Waals surface area contributed by atoms with Crippen molar-refractivity contribution in [3.05, 3.63) is 29.8 Å². The summed E-state index contributed by atoms with van der Waals surface area (Å²) in [6.07, 6.45) is 1.05. The highest BCUT2D eigenvalue weighted by Gasteiger charge is 2.23. The molecule has 3 nitrogen and oxygen atoms in total. The van der Waals surface area contributed by atoms with Crippen LogP contribution in [0.3, 0.4) is 0 Å². The third kappa shape index (κ3) is 1.58. The maximum absolute atomic E-state index is 4.45. The fourth-order valence-corrected chi connectivity index (χ4v) is 2.36. The number of anilines is 1. The van der Waals surface area contributed by atoms with Gasteiger partial charge in [0.15, 0.2) is 0 Å². The van der Waals surface area contributed by atoms with Crippen LogP contribution in [0, 0.1) is 0 Å². The lowest BCUT2D eigenvalue weighted by Crippen LogP contribution is -2.21. The minimum absolute atomic E-state index is 0.588. The minimum Gasteiger partial charge on any atom is -0.384 e. The Morgan fingerprint density at radius 2 is 2.20 bits per heavy atom. The molecule has 1 aromatic rings. The largest absolute Gasteiger partial charge is 0.384 e. The molecule has 78 valence electrons. The summed E-state index contributed by atoms with van der Waals surface area (Å²) in [6, 6.07) is 8.57. The first-order valence-electron chi connectivity index (χ1n) is 5.53. The minimum atomic E-state index is 0.588. The van der Waals surface area contributed by atoms with Crippen molar-refractivity contribution in [1.29, 1.82) is 0 Å². The predicted molar refractivity (Wildman–Crippen MR) is 62.6 cm³/mol. The van der Waals surface area contributed by atoms with E-state index in [4.69, 9.17) is 0 Å². The van der Waals surface area contributed by atoms with Crippen LogP contribution in [-0.2, 0) is 0 Å². The predicted octanol–water partition coefficient (Wildman–Crippen LogP) is 1.59. The molecule has 1 aromatic carbocycles. The average Bonchev–Trinajstić information content (AvgIpc) is 2.89. The molecule has 2 aliphatic rings. The van der Waals surface area contributed by atoms with Gasteiger partial charge in [-0.2, -0.15) is 0 Å². The molecule has 2 aliphatic heterocycles. The number of nitrogens with zero attached hydrogens (tertiary/aromatic N) is 1. The van der Waals surface area contributed by atoms with Crippen molar-refractivity contribution in [3.8, 4) is 0 Å². The molecule has 0 saturated carbocycles. The SMILES string of the molecule is c1ccc2c(c1)NCC2CC1=NCCN1. The summed E-state index contributed by atoms with van der Waals surface area (Å²) in [6.45, 7) is 2.99. The Morgan fingerprint density at radius 3 is 3.07 bits per heavy atom. The Kier molecular flexibility index (Phi) is 2.09. The van der Waals surface area contributed by atoms with Gasteiger partial charge in [0, 0.05) is 31.1 Å². The van der Waals surface area contributed by atoms with Crippen LogP contribution in [-0.4, -0.2) is 25.5 Å². The zero-order chi connectivity index (χ0) is 10.1. The molecular formula is C12H15N3. The van der Waals surface area contributed by atoms with Gasteiger partial charge in [-0.25, -0.2) is 0 Å². The standard InChI is InChI=1S/C12H15N3/c1-2-4-11-10(3-1)9(8-15-11)7-12-13-5-6-14-12/h1-4,9,15H,5-8H2,(H,13,14). The molecule has 3 heteroatoms. The highest BCUT2D eigenvalue weighted by Crippen LogP contribution is 2.33. The quantitative estimate of drug-likeness (QED) is 0.762. The van der Waals surface area contributed by atoms with Crippen LogP contribution in [0.15, 0.2) is 29.3 Å². The van der Waals surface area contributed by atoms with Gasteiger partial charge in [-0.15, -0.1) is 0 Å². The number of benzene rings is 1. The first kappa shape index (κ1) is 8.77. The average molecular weight is 201 g/mol. The number of amidine groups is 1. The van der Waals surface area contributed by atoms with Gasteiger partial charge in [-0.3, -0.25) is 4.99 Å². The molecule has 2 heterocycles. The first-order valence-corrected chi connectivity index (χ1v) is 5.53. The maximum Gasteiger partial charge on any atom is 0.0971 e. The Balaban J connectivity index is 1.79. The highest BCUT2D eigenvalue weighted by atomic mass is 15.1. The van der Waals surface area contributed by atoms with Crippen LogP contribution < -0.4 is 10.6 Å². The van der Waals surface area contributed by atoms with E-state index >= 15 is 0 Å². The molecule has 3 rings (SSSR count). The van der Waals surface area contributed by atoms with E-state index in [1.54, 1.807) is 0 Å². The Morgan fingerprint density at radius 1 is 1.27 bits per heavy atom. The molecule has 0 saturated heterocycles. The fraction of sp³-hybridized carbons (Fsp3) is 0.417. The maximum atomic E-state index is 4.45. The van der Waals surface area contributed by atoms with Crippen LogP contribution >= 0.6 is 0 Å². The van der Waals surface area contributed by atoms with Crippen molar-refractivity contribution in [1.82, 2.24) is 5.32 Å². The van der Waals surface area contributed by atoms with Gasteiger partial charge in [-0.1, -0.05) is 18.2 Å². The van der Waals surface area contributed by atoms with Crippen molar-refractivity contribution >= 4 is 11.5 Å². The van der Waals surface area contributed by atoms with Crippen LogP contribution in [0.5, 0.6) is 0 Å². The van der Waals surface area contributed by atoms with Gasteiger partial charge in [0.25, 0.3) is 0 Å². The number of rotatable bonds is 2. The van der Waals surface area contributed by atoms with E-state index in [0.717, 1.165) is 26.1 Å². The summed E-state index contributed by atoms with van der Waals surface area (Å²) in [7, 11) is 0. The van der Waals surface area contributed by atoms with Gasteiger partial charge in [0.1, 0.15) is 0 Å². The summed E-state index contributed by atoms with van der Waals surface area (Å²) < 4.78 is 0. The second kappa shape index (κ2) is 3.57. The van der Waals surface area contributed by atoms with E-state index in [1.807, 2.05) is 0 Å². The second-order valence-electron chi connectivity index (χ2n) is 4.12. The van der Waals surface area contributed by atoms with Crippen molar-refractivity contribution in [2.24, 2.45) is 4.99 Å². The summed E-state index contributed by atoms with van der Waals surface area (Å²) >= 11 is 0. The zero-order valence-electron chi connectivity index (χ0n) is 8.66. The van der Waals surface area contributed by atoms with Gasteiger partial charge < -0.3 is 10.6 Å². The van der Waals surface area contributed by atoms with Crippen LogP contribution in [0.4, 0.5) is 5.69 Å². The fourth-order valence-electron chi connectivity index (χ4n) is 2.36. The molecule has 0 fully saturated rings. The monoisotopic (exact) mass is 201 g/mol. The van der Waals surface area contributed by atoms with Crippen molar-refractivity contribution in [2.75, 3.05) is 25.0 Å². The van der Waals surface area contributed by atoms with Gasteiger partial charge in [0.2, 0.25) is 0 Å². The molecule has 1 atom stereocenters. The van der Waals surface area contributed by atoms with Gasteiger partial charge >= 0.3 is 0 Å². The second-order valence-corrected chi connectivity index (χ2v) is 4.12. The van der Waals surface area contributed by atoms with E-state index in [2.05, 4.69) is 39.9 Å². The normalized spacial score (nSPS) is 22.9. The third-order valence-electron chi connectivity index (χ3n) is 3.12. The number of aliphatic imine (C=N–C) groups is 1. The van der Waals surface area contributed by atoms with Crippen LogP contribution in [0.25, 0.3) is 0 Å². The third-order valence-corrected chi connectivity index (χ3v) is 3.12. The summed E-state index contributed by atoms with van der Waals surface area (Å²) in [5.41, 5.74) is 2.73. The van der Waals surface area contributed by atoms with E-state index in [-0.39, 0.29) is 0 Å². The molecule has 0 aromatic heterocycles. The van der Waals surface area contributed by atoms with E-state index in [9.17, 15) is 0 Å². The lowest BCUT2D eigenvalue weighted by molar-refractivity contribution is 0.781. The van der Waals surface area contributed by atoms with Gasteiger partial charge in [-0.05, 0) is 11.6 Å². The highest BCUT2D eigenvalue weighted by molar-refractivity contribution is 5.85. The molecular weight excluding hydrogens is 186 g/mol. The van der Waals surface area contributed by atoms with Crippen LogP contribution in [0.1, 0.15) is 17.9 Å². The van der Waals surface area contributed by atoms with Crippen molar-refractivity contribution in [2.45, 2.75) is 12.3 Å². The molecule has 0 aliphatic carbocycles. The number of hydrogen-bond acceptors (Lipinski definition) is 3. The molecule has 0 bridgehead atoms. The summed E-state index contributed by atoms with van der Waals surface area (Å²) in [5, 5.41) is 6.78. The molecule has 0 radical (unpaired) electrons. The van der Waals surface area contributed by atoms with E-state index in [1.165, 1.54) is 17.1 Å². The summed E-state index contributed by atoms with van der Waals surface area (Å²) in [4.78, 5) is 4.45. The summed E-state index contributed by atoms with van der Waals surface area (Å²) in [5.74, 6) is 1.77. The van der Waals surface area contributed by atoms with Crippen LogP contribution in [0.2, 0.25) is 0 Å². The molecule has 0 spiro atoms. The van der Waals surface area contributed by atoms with Crippen molar-refractivity contribution < 1.29 is 0 Å². The number of fused-ring (bicyclic) bond motifs is 1. The molecule has 15 heavy (non-hydrogen) atoms. The first-order chi connectivity index (χ1) is 7.43.